The summed E-state index contributed by atoms with van der Waals surface area (Å²) in [5, 5.41) is 5.98. The van der Waals surface area contributed by atoms with Crippen LogP contribution in [0, 0.1) is 5.92 Å². The van der Waals surface area contributed by atoms with Gasteiger partial charge in [-0.25, -0.2) is 0 Å². The average molecular weight is 306 g/mol. The number of hydrogen-bond donors (Lipinski definition) is 2. The molecule has 1 aliphatic rings. The first kappa shape index (κ1) is 19.2. The first-order valence-electron chi connectivity index (χ1n) is 7.27. The molecule has 0 bridgehead atoms. The Balaban J connectivity index is 0.00000361. The molecule has 2 N–H and O–H groups in total. The minimum absolute atomic E-state index is 0. The van der Waals surface area contributed by atoms with Crippen molar-refractivity contribution in [1.29, 1.82) is 0 Å². The molecule has 2 amide bonds. The normalized spacial score (nSPS) is 19.9. The molecule has 118 valence electrons. The fraction of sp³-hybridized carbons (Fsp3) is 0.857. The maximum Gasteiger partial charge on any atom is 0.225 e. The lowest BCUT2D eigenvalue weighted by molar-refractivity contribution is -0.130. The SMILES string of the molecule is CCC(CC)N1CC(C(=O)NCC(C)NC)CC1=O.Cl. The molecule has 1 saturated heterocycles. The second kappa shape index (κ2) is 9.19. The van der Waals surface area contributed by atoms with Crippen LogP contribution in [0.1, 0.15) is 40.0 Å². The van der Waals surface area contributed by atoms with Gasteiger partial charge in [0.05, 0.1) is 5.92 Å². The Hall–Kier alpha value is -0.810. The van der Waals surface area contributed by atoms with Crippen molar-refractivity contribution in [1.82, 2.24) is 15.5 Å². The molecule has 1 rings (SSSR count). The second-order valence-corrected chi connectivity index (χ2v) is 5.35. The summed E-state index contributed by atoms with van der Waals surface area (Å²) in [7, 11) is 1.87. The molecule has 1 aliphatic heterocycles. The van der Waals surface area contributed by atoms with Crippen LogP contribution in [-0.2, 0) is 9.59 Å². The molecule has 0 saturated carbocycles. The maximum atomic E-state index is 12.0. The third-order valence-electron chi connectivity index (χ3n) is 3.99. The molecule has 0 aromatic rings. The van der Waals surface area contributed by atoms with Crippen molar-refractivity contribution in [2.24, 2.45) is 5.92 Å². The first-order chi connectivity index (χ1) is 9.03. The van der Waals surface area contributed by atoms with E-state index in [9.17, 15) is 9.59 Å². The molecular formula is C14H28ClN3O2. The average Bonchev–Trinajstić information content (AvgIpc) is 2.79. The van der Waals surface area contributed by atoms with Gasteiger partial charge in [-0.2, -0.15) is 0 Å². The summed E-state index contributed by atoms with van der Waals surface area (Å²) in [4.78, 5) is 25.9. The van der Waals surface area contributed by atoms with Gasteiger partial charge in [0.25, 0.3) is 0 Å². The number of amides is 2. The molecule has 0 aromatic carbocycles. The number of likely N-dealkylation sites (N-methyl/N-ethyl adjacent to an activating group) is 1. The molecule has 0 spiro atoms. The van der Waals surface area contributed by atoms with E-state index in [1.54, 1.807) is 0 Å². The molecule has 20 heavy (non-hydrogen) atoms. The number of carbonyl (C=O) groups is 2. The van der Waals surface area contributed by atoms with Crippen molar-refractivity contribution in [2.45, 2.75) is 52.1 Å². The van der Waals surface area contributed by atoms with E-state index >= 15 is 0 Å². The summed E-state index contributed by atoms with van der Waals surface area (Å²) in [6.45, 7) is 7.36. The van der Waals surface area contributed by atoms with Crippen LogP contribution >= 0.6 is 12.4 Å². The summed E-state index contributed by atoms with van der Waals surface area (Å²) >= 11 is 0. The van der Waals surface area contributed by atoms with E-state index in [0.29, 0.717) is 19.5 Å². The highest BCUT2D eigenvalue weighted by Crippen LogP contribution is 2.23. The van der Waals surface area contributed by atoms with Gasteiger partial charge in [-0.15, -0.1) is 12.4 Å². The van der Waals surface area contributed by atoms with Gasteiger partial charge in [-0.3, -0.25) is 9.59 Å². The molecule has 2 atom stereocenters. The van der Waals surface area contributed by atoms with E-state index in [0.717, 1.165) is 12.8 Å². The van der Waals surface area contributed by atoms with Crippen molar-refractivity contribution in [2.75, 3.05) is 20.1 Å². The predicted molar refractivity (Wildman–Crippen MR) is 83.0 cm³/mol. The summed E-state index contributed by atoms with van der Waals surface area (Å²) in [5.41, 5.74) is 0. The third kappa shape index (κ3) is 4.94. The summed E-state index contributed by atoms with van der Waals surface area (Å²) in [6.07, 6.45) is 2.26. The van der Waals surface area contributed by atoms with Crippen LogP contribution < -0.4 is 10.6 Å². The second-order valence-electron chi connectivity index (χ2n) is 5.35. The van der Waals surface area contributed by atoms with Gasteiger partial charge in [-0.1, -0.05) is 13.8 Å². The molecule has 0 aromatic heterocycles. The van der Waals surface area contributed by atoms with E-state index < -0.39 is 0 Å². The van der Waals surface area contributed by atoms with Crippen LogP contribution in [0.15, 0.2) is 0 Å². The highest BCUT2D eigenvalue weighted by molar-refractivity contribution is 5.89. The standard InChI is InChI=1S/C14H27N3O2.ClH/c1-5-12(6-2)17-9-11(7-13(17)18)14(19)16-8-10(3)15-4;/h10-12,15H,5-9H2,1-4H3,(H,16,19);1H. The van der Waals surface area contributed by atoms with Crippen LogP contribution in [0.4, 0.5) is 0 Å². The zero-order chi connectivity index (χ0) is 14.4. The number of nitrogens with one attached hydrogen (secondary N) is 2. The summed E-state index contributed by atoms with van der Waals surface area (Å²) in [5.74, 6) is -0.0587. The van der Waals surface area contributed by atoms with E-state index in [2.05, 4.69) is 24.5 Å². The topological polar surface area (TPSA) is 61.4 Å². The molecule has 2 unspecified atom stereocenters. The van der Waals surface area contributed by atoms with Gasteiger partial charge in [0.1, 0.15) is 0 Å². The molecular weight excluding hydrogens is 278 g/mol. The molecule has 0 aliphatic carbocycles. The lowest BCUT2D eigenvalue weighted by atomic mass is 10.1. The van der Waals surface area contributed by atoms with Crippen LogP contribution in [0.2, 0.25) is 0 Å². The minimum Gasteiger partial charge on any atom is -0.354 e. The van der Waals surface area contributed by atoms with Crippen molar-refractivity contribution in [3.8, 4) is 0 Å². The van der Waals surface area contributed by atoms with E-state index in [-0.39, 0.29) is 42.2 Å². The fourth-order valence-corrected chi connectivity index (χ4v) is 2.49. The Labute approximate surface area is 128 Å². The molecule has 0 radical (unpaired) electrons. The van der Waals surface area contributed by atoms with Crippen molar-refractivity contribution < 1.29 is 9.59 Å². The van der Waals surface area contributed by atoms with Crippen molar-refractivity contribution in [3.05, 3.63) is 0 Å². The third-order valence-corrected chi connectivity index (χ3v) is 3.99. The number of likely N-dealkylation sites (tertiary alicyclic amines) is 1. The Bertz CT molecular complexity index is 322. The highest BCUT2D eigenvalue weighted by Gasteiger charge is 2.36. The van der Waals surface area contributed by atoms with E-state index in [4.69, 9.17) is 0 Å². The first-order valence-corrected chi connectivity index (χ1v) is 7.27. The lowest BCUT2D eigenvalue weighted by Gasteiger charge is -2.26. The number of halogens is 1. The van der Waals surface area contributed by atoms with Gasteiger partial charge in [0, 0.05) is 31.6 Å². The Morgan fingerprint density at radius 1 is 1.40 bits per heavy atom. The monoisotopic (exact) mass is 305 g/mol. The van der Waals surface area contributed by atoms with Gasteiger partial charge in [0.15, 0.2) is 0 Å². The molecule has 6 heteroatoms. The number of hydrogen-bond acceptors (Lipinski definition) is 3. The van der Waals surface area contributed by atoms with Crippen LogP contribution in [0.5, 0.6) is 0 Å². The van der Waals surface area contributed by atoms with Crippen LogP contribution in [-0.4, -0.2) is 48.9 Å². The number of rotatable bonds is 7. The quantitative estimate of drug-likeness (QED) is 0.742. The zero-order valence-electron chi connectivity index (χ0n) is 12.9. The Kier molecular flexibility index (Phi) is 8.81. The smallest absolute Gasteiger partial charge is 0.225 e. The van der Waals surface area contributed by atoms with Gasteiger partial charge >= 0.3 is 0 Å². The number of nitrogens with zero attached hydrogens (tertiary/aromatic N) is 1. The summed E-state index contributed by atoms with van der Waals surface area (Å²) in [6, 6.07) is 0.526. The lowest BCUT2D eigenvalue weighted by Crippen LogP contribution is -2.41. The van der Waals surface area contributed by atoms with Gasteiger partial charge in [0.2, 0.25) is 11.8 Å². The van der Waals surface area contributed by atoms with Gasteiger partial charge < -0.3 is 15.5 Å². The minimum atomic E-state index is -0.183. The Morgan fingerprint density at radius 3 is 2.50 bits per heavy atom. The molecule has 5 nitrogen and oxygen atoms in total. The van der Waals surface area contributed by atoms with Crippen molar-refractivity contribution in [3.63, 3.8) is 0 Å². The van der Waals surface area contributed by atoms with E-state index in [1.807, 2.05) is 18.9 Å². The van der Waals surface area contributed by atoms with Crippen LogP contribution in [0.25, 0.3) is 0 Å². The number of carbonyl (C=O) groups excluding carboxylic acids is 2. The van der Waals surface area contributed by atoms with Gasteiger partial charge in [-0.05, 0) is 26.8 Å². The molecule has 1 fully saturated rings. The zero-order valence-corrected chi connectivity index (χ0v) is 13.8. The van der Waals surface area contributed by atoms with E-state index in [1.165, 1.54) is 0 Å². The fourth-order valence-electron chi connectivity index (χ4n) is 2.49. The predicted octanol–water partition coefficient (Wildman–Crippen LogP) is 1.17. The molecule has 1 heterocycles. The Morgan fingerprint density at radius 2 is 2.00 bits per heavy atom. The largest absolute Gasteiger partial charge is 0.354 e. The maximum absolute atomic E-state index is 12.0. The summed E-state index contributed by atoms with van der Waals surface area (Å²) < 4.78 is 0. The highest BCUT2D eigenvalue weighted by atomic mass is 35.5. The van der Waals surface area contributed by atoms with Crippen molar-refractivity contribution >= 4 is 24.2 Å². The van der Waals surface area contributed by atoms with Crippen LogP contribution in [0.3, 0.4) is 0 Å².